The molecule has 0 aromatic heterocycles. The molecular formula is C14H19BrN2O2. The molecule has 19 heavy (non-hydrogen) atoms. The number of carbonyl (C=O) groups excluding carboxylic acids is 1. The SMILES string of the molecule is NOCC1CCCN(C(=O)Cc2ccccc2Br)C1. The number of likely N-dealkylation sites (tertiary alicyclic amines) is 1. The van der Waals surface area contributed by atoms with Crippen molar-refractivity contribution in [2.75, 3.05) is 19.7 Å². The topological polar surface area (TPSA) is 55.6 Å². The van der Waals surface area contributed by atoms with Crippen molar-refractivity contribution in [2.24, 2.45) is 11.8 Å². The lowest BCUT2D eigenvalue weighted by Crippen LogP contribution is -2.42. The summed E-state index contributed by atoms with van der Waals surface area (Å²) in [5.41, 5.74) is 1.03. The predicted molar refractivity (Wildman–Crippen MR) is 77.3 cm³/mol. The molecule has 1 fully saturated rings. The number of halogens is 1. The Morgan fingerprint density at radius 1 is 1.47 bits per heavy atom. The molecule has 0 spiro atoms. The van der Waals surface area contributed by atoms with Gasteiger partial charge in [0.1, 0.15) is 0 Å². The second-order valence-electron chi connectivity index (χ2n) is 4.95. The van der Waals surface area contributed by atoms with Gasteiger partial charge < -0.3 is 9.74 Å². The first-order valence-electron chi connectivity index (χ1n) is 6.53. The molecule has 1 heterocycles. The standard InChI is InChI=1S/C14H19BrN2O2/c15-13-6-2-1-5-12(13)8-14(18)17-7-3-4-11(9-17)10-19-16/h1-2,5-6,11H,3-4,7-10,16H2. The quantitative estimate of drug-likeness (QED) is 0.862. The van der Waals surface area contributed by atoms with Gasteiger partial charge in [-0.1, -0.05) is 34.1 Å². The Bertz CT molecular complexity index is 437. The minimum Gasteiger partial charge on any atom is -0.342 e. The van der Waals surface area contributed by atoms with E-state index in [0.717, 1.165) is 36.0 Å². The molecule has 0 bridgehead atoms. The molecule has 1 amide bonds. The zero-order valence-electron chi connectivity index (χ0n) is 10.8. The van der Waals surface area contributed by atoms with Crippen molar-refractivity contribution in [1.29, 1.82) is 0 Å². The fraction of sp³-hybridized carbons (Fsp3) is 0.500. The number of nitrogens with zero attached hydrogens (tertiary/aromatic N) is 1. The summed E-state index contributed by atoms with van der Waals surface area (Å²) in [5, 5.41) is 0. The van der Waals surface area contributed by atoms with Gasteiger partial charge in [0.15, 0.2) is 0 Å². The molecule has 1 aromatic carbocycles. The van der Waals surface area contributed by atoms with Crippen LogP contribution in [0.3, 0.4) is 0 Å². The van der Waals surface area contributed by atoms with Crippen LogP contribution in [0.15, 0.2) is 28.7 Å². The maximum atomic E-state index is 12.3. The first-order chi connectivity index (χ1) is 9.20. The largest absolute Gasteiger partial charge is 0.342 e. The molecule has 5 heteroatoms. The molecule has 104 valence electrons. The number of hydrogen-bond acceptors (Lipinski definition) is 3. The molecule has 0 saturated carbocycles. The highest BCUT2D eigenvalue weighted by Gasteiger charge is 2.23. The highest BCUT2D eigenvalue weighted by Crippen LogP contribution is 2.20. The molecule has 1 aliphatic heterocycles. The summed E-state index contributed by atoms with van der Waals surface area (Å²) in [5.74, 6) is 5.65. The molecular weight excluding hydrogens is 308 g/mol. The number of carbonyl (C=O) groups is 1. The van der Waals surface area contributed by atoms with Crippen LogP contribution in [0.4, 0.5) is 0 Å². The van der Waals surface area contributed by atoms with Gasteiger partial charge in [0, 0.05) is 23.5 Å². The van der Waals surface area contributed by atoms with Crippen molar-refractivity contribution in [3.05, 3.63) is 34.3 Å². The Balaban J connectivity index is 1.94. The van der Waals surface area contributed by atoms with E-state index in [0.29, 0.717) is 18.9 Å². The normalized spacial score (nSPS) is 19.5. The summed E-state index contributed by atoms with van der Waals surface area (Å²) < 4.78 is 0.988. The van der Waals surface area contributed by atoms with Crippen LogP contribution in [-0.2, 0) is 16.1 Å². The van der Waals surface area contributed by atoms with Crippen molar-refractivity contribution in [2.45, 2.75) is 19.3 Å². The van der Waals surface area contributed by atoms with Crippen LogP contribution in [0, 0.1) is 5.92 Å². The van der Waals surface area contributed by atoms with Gasteiger partial charge in [-0.25, -0.2) is 5.90 Å². The lowest BCUT2D eigenvalue weighted by Gasteiger charge is -2.32. The molecule has 1 saturated heterocycles. The number of nitrogens with two attached hydrogens (primary N) is 1. The van der Waals surface area contributed by atoms with Crippen molar-refractivity contribution < 1.29 is 9.63 Å². The van der Waals surface area contributed by atoms with Gasteiger partial charge in [0.25, 0.3) is 0 Å². The molecule has 1 atom stereocenters. The number of benzene rings is 1. The summed E-state index contributed by atoms with van der Waals surface area (Å²) in [6, 6.07) is 7.85. The zero-order chi connectivity index (χ0) is 13.7. The number of amides is 1. The summed E-state index contributed by atoms with van der Waals surface area (Å²) in [6.45, 7) is 2.11. The molecule has 1 aromatic rings. The van der Waals surface area contributed by atoms with Crippen LogP contribution < -0.4 is 5.90 Å². The van der Waals surface area contributed by atoms with Crippen LogP contribution in [0.25, 0.3) is 0 Å². The van der Waals surface area contributed by atoms with Gasteiger partial charge in [-0.3, -0.25) is 4.79 Å². The molecule has 0 aliphatic carbocycles. The van der Waals surface area contributed by atoms with Crippen molar-refractivity contribution >= 4 is 21.8 Å². The Hall–Kier alpha value is -0.910. The number of rotatable bonds is 4. The summed E-state index contributed by atoms with van der Waals surface area (Å²) in [4.78, 5) is 18.9. The Labute approximate surface area is 122 Å². The minimum absolute atomic E-state index is 0.175. The van der Waals surface area contributed by atoms with E-state index in [2.05, 4.69) is 15.9 Å². The molecule has 1 unspecified atom stereocenters. The Kier molecular flexibility index (Phi) is 5.36. The molecule has 1 aliphatic rings. The van der Waals surface area contributed by atoms with E-state index in [-0.39, 0.29) is 5.91 Å². The first kappa shape index (κ1) is 14.5. The third-order valence-electron chi connectivity index (χ3n) is 3.50. The highest BCUT2D eigenvalue weighted by atomic mass is 79.9. The van der Waals surface area contributed by atoms with Crippen LogP contribution in [0.5, 0.6) is 0 Å². The van der Waals surface area contributed by atoms with Gasteiger partial charge >= 0.3 is 0 Å². The first-order valence-corrected chi connectivity index (χ1v) is 7.33. The average Bonchev–Trinajstić information content (AvgIpc) is 2.42. The lowest BCUT2D eigenvalue weighted by molar-refractivity contribution is -0.132. The van der Waals surface area contributed by atoms with Gasteiger partial charge in [-0.05, 0) is 24.5 Å². The van der Waals surface area contributed by atoms with E-state index in [1.807, 2.05) is 29.2 Å². The fourth-order valence-electron chi connectivity index (χ4n) is 2.48. The van der Waals surface area contributed by atoms with Gasteiger partial charge in [-0.15, -0.1) is 0 Å². The molecule has 2 N–H and O–H groups in total. The maximum absolute atomic E-state index is 12.3. The molecule has 4 nitrogen and oxygen atoms in total. The number of piperidine rings is 1. The minimum atomic E-state index is 0.175. The Morgan fingerprint density at radius 2 is 2.26 bits per heavy atom. The van der Waals surface area contributed by atoms with Gasteiger partial charge in [0.2, 0.25) is 5.91 Å². The predicted octanol–water partition coefficient (Wildman–Crippen LogP) is 2.12. The second kappa shape index (κ2) is 7.03. The summed E-state index contributed by atoms with van der Waals surface area (Å²) in [7, 11) is 0. The number of hydrogen-bond donors (Lipinski definition) is 1. The summed E-state index contributed by atoms with van der Waals surface area (Å²) in [6.07, 6.45) is 2.55. The van der Waals surface area contributed by atoms with Crippen molar-refractivity contribution in [1.82, 2.24) is 4.90 Å². The lowest BCUT2D eigenvalue weighted by atomic mass is 9.98. The van der Waals surface area contributed by atoms with E-state index in [1.165, 1.54) is 0 Å². The second-order valence-corrected chi connectivity index (χ2v) is 5.80. The average molecular weight is 327 g/mol. The maximum Gasteiger partial charge on any atom is 0.227 e. The van der Waals surface area contributed by atoms with Gasteiger partial charge in [0.05, 0.1) is 13.0 Å². The third kappa shape index (κ3) is 4.03. The van der Waals surface area contributed by atoms with E-state index in [9.17, 15) is 4.79 Å². The van der Waals surface area contributed by atoms with Crippen molar-refractivity contribution in [3.63, 3.8) is 0 Å². The van der Waals surface area contributed by atoms with E-state index < -0.39 is 0 Å². The smallest absolute Gasteiger partial charge is 0.227 e. The monoisotopic (exact) mass is 326 g/mol. The van der Waals surface area contributed by atoms with E-state index in [1.54, 1.807) is 0 Å². The van der Waals surface area contributed by atoms with Gasteiger partial charge in [-0.2, -0.15) is 0 Å². The third-order valence-corrected chi connectivity index (χ3v) is 4.28. The van der Waals surface area contributed by atoms with Crippen LogP contribution in [-0.4, -0.2) is 30.5 Å². The zero-order valence-corrected chi connectivity index (χ0v) is 12.4. The fourth-order valence-corrected chi connectivity index (χ4v) is 2.91. The van der Waals surface area contributed by atoms with Crippen molar-refractivity contribution in [3.8, 4) is 0 Å². The Morgan fingerprint density at radius 3 is 3.00 bits per heavy atom. The van der Waals surface area contributed by atoms with Crippen LogP contribution >= 0.6 is 15.9 Å². The molecule has 2 rings (SSSR count). The van der Waals surface area contributed by atoms with E-state index in [4.69, 9.17) is 10.7 Å². The van der Waals surface area contributed by atoms with E-state index >= 15 is 0 Å². The van der Waals surface area contributed by atoms with Crippen LogP contribution in [0.1, 0.15) is 18.4 Å². The van der Waals surface area contributed by atoms with Crippen LogP contribution in [0.2, 0.25) is 0 Å². The molecule has 0 radical (unpaired) electrons. The highest BCUT2D eigenvalue weighted by molar-refractivity contribution is 9.10. The summed E-state index contributed by atoms with van der Waals surface area (Å²) >= 11 is 3.48.